The zero-order chi connectivity index (χ0) is 22.2. The number of carbonyl (C=O) groups excluding carboxylic acids is 1. The summed E-state index contributed by atoms with van der Waals surface area (Å²) in [6.07, 6.45) is 0.184. The molecule has 29 heavy (non-hydrogen) atoms. The quantitative estimate of drug-likeness (QED) is 0.372. The maximum Gasteiger partial charge on any atom is 0.302 e. The highest BCUT2D eigenvalue weighted by atomic mass is 19.3. The first kappa shape index (κ1) is 24.1. The second kappa shape index (κ2) is 10.5. The van der Waals surface area contributed by atoms with Crippen molar-refractivity contribution in [2.24, 2.45) is 11.6 Å². The molecule has 0 saturated carbocycles. The van der Waals surface area contributed by atoms with E-state index in [0.29, 0.717) is 18.7 Å². The number of hydrogen-bond acceptors (Lipinski definition) is 9. The Bertz CT molecular complexity index is 792. The molecule has 2 heterocycles. The molecule has 11 heteroatoms. The van der Waals surface area contributed by atoms with E-state index in [-0.39, 0.29) is 35.2 Å². The van der Waals surface area contributed by atoms with Gasteiger partial charge in [0, 0.05) is 26.9 Å². The Balaban J connectivity index is 0.000000749. The summed E-state index contributed by atoms with van der Waals surface area (Å²) in [7, 11) is 2.86. The number of anilines is 1. The fraction of sp³-hybridized carbons (Fsp3) is 0.500. The molecule has 1 aliphatic rings. The molecule has 1 aliphatic heterocycles. The lowest BCUT2D eigenvalue weighted by Crippen LogP contribution is -2.43. The topological polar surface area (TPSA) is 142 Å². The van der Waals surface area contributed by atoms with Crippen LogP contribution in [-0.2, 0) is 9.53 Å². The third-order valence-corrected chi connectivity index (χ3v) is 4.16. The van der Waals surface area contributed by atoms with Crippen LogP contribution in [0.3, 0.4) is 0 Å². The van der Waals surface area contributed by atoms with Gasteiger partial charge in [0.25, 0.3) is 5.92 Å². The number of aromatic nitrogens is 1. The number of aliphatic hydroxyl groups excluding tert-OH is 1. The van der Waals surface area contributed by atoms with Crippen molar-refractivity contribution in [2.75, 3.05) is 38.8 Å². The van der Waals surface area contributed by atoms with E-state index in [1.807, 2.05) is 6.07 Å². The number of pyridine rings is 1. The van der Waals surface area contributed by atoms with Crippen molar-refractivity contribution in [3.05, 3.63) is 29.2 Å². The third-order valence-electron chi connectivity index (χ3n) is 4.16. The van der Waals surface area contributed by atoms with E-state index >= 15 is 0 Å². The Morgan fingerprint density at radius 2 is 2.14 bits per heavy atom. The minimum absolute atomic E-state index is 0.00474. The molecule has 1 fully saturated rings. The third kappa shape index (κ3) is 6.85. The first-order valence-electron chi connectivity index (χ1n) is 8.73. The summed E-state index contributed by atoms with van der Waals surface area (Å²) in [5.41, 5.74) is 6.90. The average Bonchev–Trinajstić information content (AvgIpc) is 2.67. The summed E-state index contributed by atoms with van der Waals surface area (Å²) >= 11 is 0. The van der Waals surface area contributed by atoms with Crippen LogP contribution in [0.1, 0.15) is 31.2 Å². The van der Waals surface area contributed by atoms with Crippen molar-refractivity contribution in [1.29, 1.82) is 5.26 Å². The van der Waals surface area contributed by atoms with Crippen LogP contribution in [0.25, 0.3) is 5.70 Å². The van der Waals surface area contributed by atoms with Crippen molar-refractivity contribution < 1.29 is 23.4 Å². The molecule has 5 N–H and O–H groups in total. The number of likely N-dealkylation sites (N-methyl/N-ethyl adjacent to an activating group) is 1. The number of halogens is 2. The largest absolute Gasteiger partial charge is 0.469 e. The number of hydrogen-bond donors (Lipinski definition) is 3. The molecule has 1 saturated heterocycles. The number of nitrogens with two attached hydrogens (primary N) is 2. The molecule has 1 aromatic rings. The number of alkyl halides is 2. The number of hydrazine groups is 1. The molecule has 9 nitrogen and oxygen atoms in total. The molecule has 2 rings (SSSR count). The first-order chi connectivity index (χ1) is 13.6. The summed E-state index contributed by atoms with van der Waals surface area (Å²) < 4.78 is 31.3. The second-order valence-corrected chi connectivity index (χ2v) is 6.38. The fourth-order valence-electron chi connectivity index (χ4n) is 2.65. The standard InChI is InChI=1S/C15H20F2N6O.C3H6O2/c1-22(20)13(8-24)14(19)10-3-4-12(11(7-18)21-10)23-6-2-5-15(16,17)9-23;1-3(4)5-2/h3-4,24H,2,5-6,8-9,19-20H2,1H3;1-2H3/b14-13-;. The summed E-state index contributed by atoms with van der Waals surface area (Å²) in [6, 6.07) is 4.99. The van der Waals surface area contributed by atoms with Crippen molar-refractivity contribution in [2.45, 2.75) is 25.7 Å². The first-order valence-corrected chi connectivity index (χ1v) is 8.73. The van der Waals surface area contributed by atoms with Crippen LogP contribution >= 0.6 is 0 Å². The van der Waals surface area contributed by atoms with Gasteiger partial charge < -0.3 is 25.5 Å². The summed E-state index contributed by atoms with van der Waals surface area (Å²) in [5.74, 6) is 2.56. The van der Waals surface area contributed by atoms with E-state index in [0.717, 1.165) is 5.01 Å². The number of nitriles is 1. The number of nitrogens with zero attached hydrogens (tertiary/aromatic N) is 4. The Morgan fingerprint density at radius 3 is 2.59 bits per heavy atom. The molecule has 0 aliphatic carbocycles. The monoisotopic (exact) mass is 412 g/mol. The van der Waals surface area contributed by atoms with Gasteiger partial charge in [0.05, 0.1) is 43.0 Å². The normalized spacial score (nSPS) is 16.0. The number of methoxy groups -OCH3 is 1. The van der Waals surface area contributed by atoms with Crippen LogP contribution in [-0.4, -0.2) is 60.8 Å². The van der Waals surface area contributed by atoms with Crippen molar-refractivity contribution in [3.8, 4) is 6.07 Å². The lowest BCUT2D eigenvalue weighted by atomic mass is 10.1. The van der Waals surface area contributed by atoms with Gasteiger partial charge in [-0.25, -0.2) is 19.6 Å². The zero-order valence-corrected chi connectivity index (χ0v) is 16.7. The molecule has 0 atom stereocenters. The number of ether oxygens (including phenoxy) is 1. The predicted molar refractivity (Wildman–Crippen MR) is 103 cm³/mol. The van der Waals surface area contributed by atoms with Gasteiger partial charge in [-0.1, -0.05) is 0 Å². The number of rotatable bonds is 4. The van der Waals surface area contributed by atoms with E-state index in [9.17, 15) is 23.9 Å². The highest BCUT2D eigenvalue weighted by molar-refractivity contribution is 5.67. The molecule has 0 aromatic carbocycles. The van der Waals surface area contributed by atoms with E-state index in [4.69, 9.17) is 11.6 Å². The maximum atomic E-state index is 13.6. The molecule has 0 bridgehead atoms. The molecule has 1 aromatic heterocycles. The second-order valence-electron chi connectivity index (χ2n) is 6.38. The molecular formula is C18H26F2N6O3. The number of carbonyl (C=O) groups is 1. The number of aliphatic hydroxyl groups is 1. The maximum absolute atomic E-state index is 13.6. The lowest BCUT2D eigenvalue weighted by Gasteiger charge is -2.34. The van der Waals surface area contributed by atoms with E-state index in [2.05, 4.69) is 9.72 Å². The van der Waals surface area contributed by atoms with Crippen LogP contribution in [0.15, 0.2) is 17.8 Å². The molecule has 0 spiro atoms. The average molecular weight is 412 g/mol. The molecule has 0 unspecified atom stereocenters. The van der Waals surface area contributed by atoms with Crippen LogP contribution < -0.4 is 16.5 Å². The van der Waals surface area contributed by atoms with Crippen LogP contribution in [0.2, 0.25) is 0 Å². The van der Waals surface area contributed by atoms with Gasteiger partial charge in [0.15, 0.2) is 5.69 Å². The predicted octanol–water partition coefficient (Wildman–Crippen LogP) is 0.793. The summed E-state index contributed by atoms with van der Waals surface area (Å²) in [6.45, 7) is 0.952. The molecule has 160 valence electrons. The van der Waals surface area contributed by atoms with Gasteiger partial charge in [-0.2, -0.15) is 5.26 Å². The van der Waals surface area contributed by atoms with Gasteiger partial charge in [0.1, 0.15) is 6.07 Å². The van der Waals surface area contributed by atoms with Crippen LogP contribution in [0, 0.1) is 11.3 Å². The molecule has 0 amide bonds. The minimum atomic E-state index is -2.78. The zero-order valence-electron chi connectivity index (χ0n) is 16.7. The Morgan fingerprint density at radius 1 is 1.52 bits per heavy atom. The van der Waals surface area contributed by atoms with Gasteiger partial charge in [-0.15, -0.1) is 0 Å². The van der Waals surface area contributed by atoms with Crippen molar-refractivity contribution in [1.82, 2.24) is 9.99 Å². The van der Waals surface area contributed by atoms with Gasteiger partial charge in [-0.3, -0.25) is 4.79 Å². The number of piperidine rings is 1. The Hall–Kier alpha value is -2.97. The smallest absolute Gasteiger partial charge is 0.302 e. The van der Waals surface area contributed by atoms with Crippen LogP contribution in [0.5, 0.6) is 0 Å². The SMILES string of the molecule is CN(N)/C(CO)=C(\N)c1ccc(N2CCCC(F)(F)C2)c(C#N)n1.COC(C)=O. The van der Waals surface area contributed by atoms with Crippen molar-refractivity contribution >= 4 is 17.4 Å². The van der Waals surface area contributed by atoms with Crippen LogP contribution in [0.4, 0.5) is 14.5 Å². The van der Waals surface area contributed by atoms with E-state index in [1.165, 1.54) is 32.0 Å². The summed E-state index contributed by atoms with van der Waals surface area (Å²) in [4.78, 5) is 15.2. The van der Waals surface area contributed by atoms with E-state index in [1.54, 1.807) is 6.07 Å². The van der Waals surface area contributed by atoms with Gasteiger partial charge in [-0.05, 0) is 18.6 Å². The molecular weight excluding hydrogens is 386 g/mol. The van der Waals surface area contributed by atoms with E-state index < -0.39 is 19.1 Å². The lowest BCUT2D eigenvalue weighted by molar-refractivity contribution is -0.137. The highest BCUT2D eigenvalue weighted by Gasteiger charge is 2.36. The Kier molecular flexibility index (Phi) is 8.75. The minimum Gasteiger partial charge on any atom is -0.469 e. The van der Waals surface area contributed by atoms with Gasteiger partial charge in [0.2, 0.25) is 0 Å². The Labute approximate surface area is 168 Å². The highest BCUT2D eigenvalue weighted by Crippen LogP contribution is 2.31. The molecule has 0 radical (unpaired) electrons. The summed E-state index contributed by atoms with van der Waals surface area (Å²) in [5, 5.41) is 19.8. The number of esters is 1. The van der Waals surface area contributed by atoms with Gasteiger partial charge >= 0.3 is 5.97 Å². The van der Waals surface area contributed by atoms with Crippen molar-refractivity contribution in [3.63, 3.8) is 0 Å². The fourth-order valence-corrected chi connectivity index (χ4v) is 2.65.